The highest BCUT2D eigenvalue weighted by Gasteiger charge is 2.02. The Balaban J connectivity index is 1.86. The second-order valence-electron chi connectivity index (χ2n) is 4.06. The molecule has 2 rings (SSSR count). The molecule has 0 saturated heterocycles. The molecule has 0 aliphatic heterocycles. The molecule has 2 amide bonds. The van der Waals surface area contributed by atoms with Crippen molar-refractivity contribution in [3.63, 3.8) is 0 Å². The van der Waals surface area contributed by atoms with Gasteiger partial charge in [0.15, 0.2) is 0 Å². The summed E-state index contributed by atoms with van der Waals surface area (Å²) in [5.74, 6) is -0.342. The summed E-state index contributed by atoms with van der Waals surface area (Å²) in [5.41, 5.74) is 7.74. The Kier molecular flexibility index (Phi) is 3.97. The number of halogens is 1. The Bertz CT molecular complexity index is 569. The molecule has 0 aliphatic carbocycles. The Morgan fingerprint density at radius 1 is 1.16 bits per heavy atom. The zero-order valence-electron chi connectivity index (χ0n) is 10.2. The molecule has 98 valence electrons. The van der Waals surface area contributed by atoms with E-state index in [9.17, 15) is 9.18 Å². The molecule has 0 fully saturated rings. The lowest BCUT2D eigenvalue weighted by molar-refractivity contribution is 0.251. The Morgan fingerprint density at radius 2 is 1.89 bits per heavy atom. The smallest absolute Gasteiger partial charge is 0.319 e. The first kappa shape index (κ1) is 12.9. The predicted molar refractivity (Wildman–Crippen MR) is 73.1 cm³/mol. The minimum Gasteiger partial charge on any atom is -0.399 e. The first-order chi connectivity index (χ1) is 9.13. The van der Waals surface area contributed by atoms with Crippen LogP contribution in [0.15, 0.2) is 48.5 Å². The van der Waals surface area contributed by atoms with Crippen molar-refractivity contribution < 1.29 is 9.18 Å². The Labute approximate surface area is 110 Å². The van der Waals surface area contributed by atoms with Gasteiger partial charge in [0.05, 0.1) is 0 Å². The SMILES string of the molecule is Nc1cccc(CNC(=O)Nc2ccc(F)cc2)c1. The normalized spacial score (nSPS) is 9.95. The monoisotopic (exact) mass is 259 g/mol. The number of urea groups is 1. The fourth-order valence-electron chi connectivity index (χ4n) is 1.59. The lowest BCUT2D eigenvalue weighted by Gasteiger charge is -2.08. The fraction of sp³-hybridized carbons (Fsp3) is 0.0714. The number of hydrogen-bond acceptors (Lipinski definition) is 2. The third kappa shape index (κ3) is 3.99. The van der Waals surface area contributed by atoms with E-state index in [1.807, 2.05) is 12.1 Å². The van der Waals surface area contributed by atoms with Crippen molar-refractivity contribution in [1.29, 1.82) is 0 Å². The summed E-state index contributed by atoms with van der Waals surface area (Å²) in [4.78, 5) is 11.6. The van der Waals surface area contributed by atoms with Gasteiger partial charge in [-0.05, 0) is 42.0 Å². The quantitative estimate of drug-likeness (QED) is 0.742. The summed E-state index contributed by atoms with van der Waals surface area (Å²) in [6.07, 6.45) is 0. The van der Waals surface area contributed by atoms with Crippen LogP contribution >= 0.6 is 0 Å². The number of anilines is 2. The number of benzene rings is 2. The van der Waals surface area contributed by atoms with Gasteiger partial charge < -0.3 is 16.4 Å². The van der Waals surface area contributed by atoms with E-state index < -0.39 is 0 Å². The van der Waals surface area contributed by atoms with Gasteiger partial charge in [0.25, 0.3) is 0 Å². The molecule has 4 N–H and O–H groups in total. The van der Waals surface area contributed by atoms with E-state index in [4.69, 9.17) is 5.73 Å². The minimum absolute atomic E-state index is 0.342. The largest absolute Gasteiger partial charge is 0.399 e. The van der Waals surface area contributed by atoms with Crippen LogP contribution in [0, 0.1) is 5.82 Å². The van der Waals surface area contributed by atoms with E-state index in [0.29, 0.717) is 17.9 Å². The molecule has 2 aromatic rings. The highest BCUT2D eigenvalue weighted by molar-refractivity contribution is 5.89. The molecule has 2 aromatic carbocycles. The summed E-state index contributed by atoms with van der Waals surface area (Å²) in [6, 6.07) is 12.5. The number of carbonyl (C=O) groups excluding carboxylic acids is 1. The molecule has 4 nitrogen and oxygen atoms in total. The van der Waals surface area contributed by atoms with Gasteiger partial charge in [-0.2, -0.15) is 0 Å². The van der Waals surface area contributed by atoms with Gasteiger partial charge in [-0.25, -0.2) is 9.18 Å². The van der Waals surface area contributed by atoms with Gasteiger partial charge in [-0.3, -0.25) is 0 Å². The van der Waals surface area contributed by atoms with Gasteiger partial charge in [0.2, 0.25) is 0 Å². The van der Waals surface area contributed by atoms with Crippen LogP contribution in [0.1, 0.15) is 5.56 Å². The third-order valence-electron chi connectivity index (χ3n) is 2.51. The molecule has 0 saturated carbocycles. The van der Waals surface area contributed by atoms with Crippen molar-refractivity contribution in [3.05, 3.63) is 59.9 Å². The van der Waals surface area contributed by atoms with Gasteiger partial charge in [-0.1, -0.05) is 12.1 Å². The van der Waals surface area contributed by atoms with Crippen molar-refractivity contribution in [2.24, 2.45) is 0 Å². The molecular formula is C14H14FN3O. The highest BCUT2D eigenvalue weighted by Crippen LogP contribution is 2.08. The standard InChI is InChI=1S/C14H14FN3O/c15-11-4-6-13(7-5-11)18-14(19)17-9-10-2-1-3-12(16)8-10/h1-8H,9,16H2,(H2,17,18,19). The van der Waals surface area contributed by atoms with Gasteiger partial charge in [0, 0.05) is 17.9 Å². The van der Waals surface area contributed by atoms with Gasteiger partial charge in [0.1, 0.15) is 5.82 Å². The van der Waals surface area contributed by atoms with Crippen LogP contribution in [0.3, 0.4) is 0 Å². The number of hydrogen-bond donors (Lipinski definition) is 3. The number of nitrogens with two attached hydrogens (primary N) is 1. The average molecular weight is 259 g/mol. The Hall–Kier alpha value is -2.56. The van der Waals surface area contributed by atoms with Crippen molar-refractivity contribution in [1.82, 2.24) is 5.32 Å². The summed E-state index contributed by atoms with van der Waals surface area (Å²) in [6.45, 7) is 0.373. The highest BCUT2D eigenvalue weighted by atomic mass is 19.1. The van der Waals surface area contributed by atoms with Crippen molar-refractivity contribution in [2.45, 2.75) is 6.54 Å². The van der Waals surface area contributed by atoms with Crippen LogP contribution < -0.4 is 16.4 Å². The molecule has 0 spiro atoms. The van der Waals surface area contributed by atoms with E-state index in [-0.39, 0.29) is 11.8 Å². The second-order valence-corrected chi connectivity index (χ2v) is 4.06. The summed E-state index contributed by atoms with van der Waals surface area (Å²) < 4.78 is 12.7. The van der Waals surface area contributed by atoms with Crippen molar-refractivity contribution >= 4 is 17.4 Å². The van der Waals surface area contributed by atoms with Crippen LogP contribution in [-0.4, -0.2) is 6.03 Å². The first-order valence-corrected chi connectivity index (χ1v) is 5.78. The number of carbonyl (C=O) groups is 1. The molecule has 0 radical (unpaired) electrons. The van der Waals surface area contributed by atoms with Crippen molar-refractivity contribution in [2.75, 3.05) is 11.1 Å². The molecule has 5 heteroatoms. The molecular weight excluding hydrogens is 245 g/mol. The average Bonchev–Trinajstić information content (AvgIpc) is 2.39. The topological polar surface area (TPSA) is 67.1 Å². The van der Waals surface area contributed by atoms with Crippen molar-refractivity contribution in [3.8, 4) is 0 Å². The molecule has 0 aliphatic rings. The van der Waals surface area contributed by atoms with Crippen LogP contribution in [0.4, 0.5) is 20.6 Å². The van der Waals surface area contributed by atoms with E-state index in [2.05, 4.69) is 10.6 Å². The Morgan fingerprint density at radius 3 is 2.58 bits per heavy atom. The lowest BCUT2D eigenvalue weighted by atomic mass is 10.2. The number of rotatable bonds is 3. The van der Waals surface area contributed by atoms with Gasteiger partial charge >= 0.3 is 6.03 Å². The van der Waals surface area contributed by atoms with Gasteiger partial charge in [-0.15, -0.1) is 0 Å². The molecule has 0 unspecified atom stereocenters. The number of nitrogen functional groups attached to an aromatic ring is 1. The number of amides is 2. The van der Waals surface area contributed by atoms with E-state index in [0.717, 1.165) is 5.56 Å². The van der Waals surface area contributed by atoms with Crippen LogP contribution in [-0.2, 0) is 6.54 Å². The van der Waals surface area contributed by atoms with Crippen LogP contribution in [0.5, 0.6) is 0 Å². The van der Waals surface area contributed by atoms with Crippen LogP contribution in [0.2, 0.25) is 0 Å². The maximum atomic E-state index is 12.7. The zero-order valence-corrected chi connectivity index (χ0v) is 10.2. The van der Waals surface area contributed by atoms with E-state index >= 15 is 0 Å². The van der Waals surface area contributed by atoms with Crippen LogP contribution in [0.25, 0.3) is 0 Å². The van der Waals surface area contributed by atoms with E-state index in [1.54, 1.807) is 12.1 Å². The van der Waals surface area contributed by atoms with E-state index in [1.165, 1.54) is 24.3 Å². The zero-order chi connectivity index (χ0) is 13.7. The predicted octanol–water partition coefficient (Wildman–Crippen LogP) is 2.73. The summed E-state index contributed by atoms with van der Waals surface area (Å²) >= 11 is 0. The molecule has 0 aromatic heterocycles. The molecule has 0 heterocycles. The maximum Gasteiger partial charge on any atom is 0.319 e. The maximum absolute atomic E-state index is 12.7. The first-order valence-electron chi connectivity index (χ1n) is 5.78. The summed E-state index contributed by atoms with van der Waals surface area (Å²) in [5, 5.41) is 5.30. The molecule has 0 bridgehead atoms. The minimum atomic E-state index is -0.353. The summed E-state index contributed by atoms with van der Waals surface area (Å²) in [7, 11) is 0. The number of nitrogens with one attached hydrogen (secondary N) is 2. The molecule has 0 atom stereocenters. The lowest BCUT2D eigenvalue weighted by Crippen LogP contribution is -2.28. The third-order valence-corrected chi connectivity index (χ3v) is 2.51. The second kappa shape index (κ2) is 5.86. The molecule has 19 heavy (non-hydrogen) atoms. The fourth-order valence-corrected chi connectivity index (χ4v) is 1.59.